The maximum Gasteiger partial charge on any atom is 0.138 e. The number of unbranched alkanes of at least 4 members (excludes halogenated alkanes) is 1. The molecule has 0 amide bonds. The number of aromatic nitrogens is 3. The quantitative estimate of drug-likeness (QED) is 0.509. The van der Waals surface area contributed by atoms with Gasteiger partial charge in [-0.15, -0.1) is 0 Å². The fourth-order valence-electron chi connectivity index (χ4n) is 1.23. The first kappa shape index (κ1) is 9.89. The Morgan fingerprint density at radius 3 is 3.00 bits per heavy atom. The van der Waals surface area contributed by atoms with E-state index in [1.165, 1.54) is 0 Å². The number of aldehydes is 1. The fraction of sp³-hybridized carbons (Fsp3) is 0.667. The number of carbonyl (C=O) groups excluding carboxylic acids is 1. The van der Waals surface area contributed by atoms with Crippen LogP contribution < -0.4 is 0 Å². The first-order chi connectivity index (χ1) is 6.25. The summed E-state index contributed by atoms with van der Waals surface area (Å²) < 4.78 is 1.89. The van der Waals surface area contributed by atoms with Crippen LogP contribution in [0.5, 0.6) is 0 Å². The van der Waals surface area contributed by atoms with E-state index in [1.807, 2.05) is 4.68 Å². The van der Waals surface area contributed by atoms with Gasteiger partial charge in [-0.1, -0.05) is 0 Å². The van der Waals surface area contributed by atoms with Crippen LogP contribution in [0, 0.1) is 0 Å². The molecule has 0 unspecified atom stereocenters. The summed E-state index contributed by atoms with van der Waals surface area (Å²) in [5.41, 5.74) is 0. The number of hydrogen-bond acceptors (Lipinski definition) is 3. The lowest BCUT2D eigenvalue weighted by Crippen LogP contribution is -2.08. The van der Waals surface area contributed by atoms with Crippen LogP contribution in [0.2, 0.25) is 0 Å². The third kappa shape index (κ3) is 2.65. The van der Waals surface area contributed by atoms with E-state index in [2.05, 4.69) is 23.9 Å². The minimum absolute atomic E-state index is 0.341. The number of rotatable bonds is 5. The third-order valence-corrected chi connectivity index (χ3v) is 1.86. The van der Waals surface area contributed by atoms with E-state index in [0.29, 0.717) is 12.5 Å². The van der Waals surface area contributed by atoms with E-state index >= 15 is 0 Å². The first-order valence-electron chi connectivity index (χ1n) is 4.57. The summed E-state index contributed by atoms with van der Waals surface area (Å²) in [4.78, 5) is 14.3. The van der Waals surface area contributed by atoms with Gasteiger partial charge in [0, 0.05) is 18.9 Å². The molecule has 4 heteroatoms. The molecule has 4 nitrogen and oxygen atoms in total. The minimum atomic E-state index is 0.341. The Morgan fingerprint density at radius 1 is 1.62 bits per heavy atom. The Hall–Kier alpha value is -1.19. The molecule has 0 N–H and O–H groups in total. The van der Waals surface area contributed by atoms with Gasteiger partial charge in [-0.25, -0.2) is 9.67 Å². The molecule has 72 valence electrons. The molecule has 1 aromatic heterocycles. The zero-order valence-corrected chi connectivity index (χ0v) is 8.10. The monoisotopic (exact) mass is 181 g/mol. The van der Waals surface area contributed by atoms with E-state index in [1.54, 1.807) is 6.33 Å². The highest BCUT2D eigenvalue weighted by Gasteiger charge is 2.06. The summed E-state index contributed by atoms with van der Waals surface area (Å²) >= 11 is 0. The van der Waals surface area contributed by atoms with Crippen LogP contribution in [0.4, 0.5) is 0 Å². The van der Waals surface area contributed by atoms with Gasteiger partial charge in [0.2, 0.25) is 0 Å². The molecule has 0 fully saturated rings. The lowest BCUT2D eigenvalue weighted by molar-refractivity contribution is -0.107. The molecule has 0 bridgehead atoms. The summed E-state index contributed by atoms with van der Waals surface area (Å²) in [6.07, 6.45) is 4.79. The van der Waals surface area contributed by atoms with Crippen LogP contribution in [0.25, 0.3) is 0 Å². The van der Waals surface area contributed by atoms with E-state index < -0.39 is 0 Å². The van der Waals surface area contributed by atoms with Crippen molar-refractivity contribution in [3.63, 3.8) is 0 Å². The van der Waals surface area contributed by atoms with Crippen LogP contribution in [-0.2, 0) is 11.2 Å². The van der Waals surface area contributed by atoms with Gasteiger partial charge in [-0.2, -0.15) is 5.10 Å². The zero-order valence-electron chi connectivity index (χ0n) is 8.10. The largest absolute Gasteiger partial charge is 0.303 e. The van der Waals surface area contributed by atoms with E-state index in [-0.39, 0.29) is 0 Å². The van der Waals surface area contributed by atoms with Gasteiger partial charge >= 0.3 is 0 Å². The Labute approximate surface area is 78.0 Å². The molecular formula is C9H15N3O. The molecule has 0 saturated heterocycles. The van der Waals surface area contributed by atoms with Crippen molar-refractivity contribution in [2.75, 3.05) is 0 Å². The molecule has 0 saturated carbocycles. The van der Waals surface area contributed by atoms with E-state index in [9.17, 15) is 4.79 Å². The molecule has 1 aromatic rings. The lowest BCUT2D eigenvalue weighted by Gasteiger charge is -2.08. The van der Waals surface area contributed by atoms with Crippen molar-refractivity contribution in [2.45, 2.75) is 39.2 Å². The molecule has 0 aliphatic carbocycles. The maximum absolute atomic E-state index is 10.1. The topological polar surface area (TPSA) is 47.8 Å². The summed E-state index contributed by atoms with van der Waals surface area (Å²) in [7, 11) is 0. The highest BCUT2D eigenvalue weighted by atomic mass is 16.1. The average Bonchev–Trinajstić information content (AvgIpc) is 2.53. The van der Waals surface area contributed by atoms with E-state index in [0.717, 1.165) is 25.0 Å². The lowest BCUT2D eigenvalue weighted by atomic mass is 10.2. The number of aryl methyl sites for hydroxylation is 1. The molecule has 13 heavy (non-hydrogen) atoms. The van der Waals surface area contributed by atoms with Crippen molar-refractivity contribution in [1.82, 2.24) is 14.8 Å². The van der Waals surface area contributed by atoms with Gasteiger partial charge in [-0.3, -0.25) is 0 Å². The van der Waals surface area contributed by atoms with Crippen molar-refractivity contribution in [3.8, 4) is 0 Å². The molecular weight excluding hydrogens is 166 g/mol. The summed E-state index contributed by atoms with van der Waals surface area (Å²) in [6, 6.07) is 0.341. The summed E-state index contributed by atoms with van der Waals surface area (Å²) in [5, 5.41) is 4.11. The normalized spacial score (nSPS) is 10.7. The minimum Gasteiger partial charge on any atom is -0.303 e. The van der Waals surface area contributed by atoms with Gasteiger partial charge in [-0.05, 0) is 20.3 Å². The van der Waals surface area contributed by atoms with Gasteiger partial charge in [0.25, 0.3) is 0 Å². The van der Waals surface area contributed by atoms with Crippen LogP contribution in [0.1, 0.15) is 38.6 Å². The van der Waals surface area contributed by atoms with Crippen molar-refractivity contribution in [3.05, 3.63) is 12.2 Å². The zero-order chi connectivity index (χ0) is 9.68. The summed E-state index contributed by atoms with van der Waals surface area (Å²) in [5.74, 6) is 0.969. The van der Waals surface area contributed by atoms with Crippen molar-refractivity contribution < 1.29 is 4.79 Å². The van der Waals surface area contributed by atoms with Crippen molar-refractivity contribution >= 4 is 6.29 Å². The van der Waals surface area contributed by atoms with Crippen LogP contribution in [0.15, 0.2) is 6.33 Å². The van der Waals surface area contributed by atoms with Crippen molar-refractivity contribution in [2.24, 2.45) is 0 Å². The van der Waals surface area contributed by atoms with Crippen molar-refractivity contribution in [1.29, 1.82) is 0 Å². The summed E-state index contributed by atoms with van der Waals surface area (Å²) in [6.45, 7) is 4.13. The molecule has 0 spiro atoms. The van der Waals surface area contributed by atoms with Gasteiger partial charge < -0.3 is 4.79 Å². The molecule has 1 heterocycles. The molecule has 0 aromatic carbocycles. The molecule has 0 radical (unpaired) electrons. The standard InChI is InChI=1S/C9H15N3O/c1-8(2)12-9(10-7-11-12)5-3-4-6-13/h6-8H,3-5H2,1-2H3. The van der Waals surface area contributed by atoms with Crippen LogP contribution in [0.3, 0.4) is 0 Å². The molecule has 0 aliphatic heterocycles. The third-order valence-electron chi connectivity index (χ3n) is 1.86. The van der Waals surface area contributed by atoms with Gasteiger partial charge in [0.1, 0.15) is 18.4 Å². The predicted octanol–water partition coefficient (Wildman–Crippen LogP) is 1.38. The van der Waals surface area contributed by atoms with Gasteiger partial charge in [0.05, 0.1) is 0 Å². The van der Waals surface area contributed by atoms with E-state index in [4.69, 9.17) is 0 Å². The Kier molecular flexibility index (Phi) is 3.61. The second kappa shape index (κ2) is 4.74. The predicted molar refractivity (Wildman–Crippen MR) is 49.4 cm³/mol. The number of carbonyl (C=O) groups is 1. The number of nitrogens with zero attached hydrogens (tertiary/aromatic N) is 3. The fourth-order valence-corrected chi connectivity index (χ4v) is 1.23. The molecule has 1 rings (SSSR count). The second-order valence-corrected chi connectivity index (χ2v) is 3.27. The smallest absolute Gasteiger partial charge is 0.138 e. The highest BCUT2D eigenvalue weighted by Crippen LogP contribution is 2.07. The Morgan fingerprint density at radius 2 is 2.38 bits per heavy atom. The Balaban J connectivity index is 2.55. The average molecular weight is 181 g/mol. The van der Waals surface area contributed by atoms with Gasteiger partial charge in [0.15, 0.2) is 0 Å². The number of hydrogen-bond donors (Lipinski definition) is 0. The van der Waals surface area contributed by atoms with Crippen LogP contribution in [-0.4, -0.2) is 21.1 Å². The Bertz CT molecular complexity index is 268. The molecule has 0 atom stereocenters. The second-order valence-electron chi connectivity index (χ2n) is 3.27. The first-order valence-corrected chi connectivity index (χ1v) is 4.57. The maximum atomic E-state index is 10.1. The SMILES string of the molecule is CC(C)n1ncnc1CCCC=O. The van der Waals surface area contributed by atoms with Crippen LogP contribution >= 0.6 is 0 Å². The molecule has 0 aliphatic rings. The highest BCUT2D eigenvalue weighted by molar-refractivity contribution is 5.49.